The Morgan fingerprint density at radius 2 is 1.84 bits per heavy atom. The number of amides is 1. The molecule has 0 fully saturated rings. The quantitative estimate of drug-likeness (QED) is 0.861. The molecule has 0 unspecified atom stereocenters. The summed E-state index contributed by atoms with van der Waals surface area (Å²) < 4.78 is 32.7. The number of nitrogens with zero attached hydrogens (tertiary/aromatic N) is 1. The van der Waals surface area contributed by atoms with Crippen LogP contribution in [0.25, 0.3) is 0 Å². The van der Waals surface area contributed by atoms with Gasteiger partial charge in [0.15, 0.2) is 0 Å². The van der Waals surface area contributed by atoms with Crippen molar-refractivity contribution in [3.05, 3.63) is 52.5 Å². The number of anilines is 1. The molecule has 8 heteroatoms. The van der Waals surface area contributed by atoms with Crippen molar-refractivity contribution in [1.82, 2.24) is 4.90 Å². The van der Waals surface area contributed by atoms with Crippen LogP contribution < -0.4 is 9.46 Å². The van der Waals surface area contributed by atoms with Crippen molar-refractivity contribution in [2.24, 2.45) is 0 Å². The summed E-state index contributed by atoms with van der Waals surface area (Å²) in [6.07, 6.45) is 0. The first-order valence-corrected chi connectivity index (χ1v) is 9.20. The second-order valence-corrected chi connectivity index (χ2v) is 7.69. The summed E-state index contributed by atoms with van der Waals surface area (Å²) in [6.45, 7) is 1.68. The third kappa shape index (κ3) is 4.24. The molecule has 0 aliphatic heterocycles. The van der Waals surface area contributed by atoms with Crippen LogP contribution in [0.2, 0.25) is 5.02 Å². The predicted octanol–water partition coefficient (Wildman–Crippen LogP) is 3.16. The average Bonchev–Trinajstić information content (AvgIpc) is 2.53. The zero-order valence-corrected chi connectivity index (χ0v) is 15.9. The number of carbonyl (C=O) groups excluding carboxylic acids is 1. The van der Waals surface area contributed by atoms with E-state index < -0.39 is 10.0 Å². The maximum absolute atomic E-state index is 12.6. The summed E-state index contributed by atoms with van der Waals surface area (Å²) in [6, 6.07) is 9.09. The molecule has 1 amide bonds. The summed E-state index contributed by atoms with van der Waals surface area (Å²) in [4.78, 5) is 13.5. The van der Waals surface area contributed by atoms with E-state index in [4.69, 9.17) is 16.3 Å². The van der Waals surface area contributed by atoms with Gasteiger partial charge in [-0.05, 0) is 48.9 Å². The van der Waals surface area contributed by atoms with Crippen molar-refractivity contribution < 1.29 is 17.9 Å². The van der Waals surface area contributed by atoms with Gasteiger partial charge in [-0.2, -0.15) is 0 Å². The second kappa shape index (κ2) is 7.33. The van der Waals surface area contributed by atoms with E-state index in [0.29, 0.717) is 16.9 Å². The van der Waals surface area contributed by atoms with Gasteiger partial charge < -0.3 is 9.64 Å². The lowest BCUT2D eigenvalue weighted by atomic mass is 10.2. The minimum Gasteiger partial charge on any atom is -0.497 e. The highest BCUT2D eigenvalue weighted by molar-refractivity contribution is 7.92. The average molecular weight is 383 g/mol. The van der Waals surface area contributed by atoms with Gasteiger partial charge >= 0.3 is 0 Å². The fourth-order valence-corrected chi connectivity index (χ4v) is 3.79. The van der Waals surface area contributed by atoms with E-state index in [-0.39, 0.29) is 21.5 Å². The lowest BCUT2D eigenvalue weighted by Gasteiger charge is -2.14. The highest BCUT2D eigenvalue weighted by Crippen LogP contribution is 2.26. The third-order valence-corrected chi connectivity index (χ3v) is 5.38. The van der Waals surface area contributed by atoms with Crippen molar-refractivity contribution >= 4 is 33.2 Å². The van der Waals surface area contributed by atoms with E-state index in [9.17, 15) is 13.2 Å². The van der Waals surface area contributed by atoms with Gasteiger partial charge in [-0.1, -0.05) is 11.6 Å². The lowest BCUT2D eigenvalue weighted by molar-refractivity contribution is 0.0828. The molecule has 0 saturated heterocycles. The normalized spacial score (nSPS) is 11.1. The van der Waals surface area contributed by atoms with Crippen LogP contribution in [0.3, 0.4) is 0 Å². The number of methoxy groups -OCH3 is 1. The van der Waals surface area contributed by atoms with Gasteiger partial charge in [0.05, 0.1) is 28.3 Å². The standard InChI is InChI=1S/C17H19ClN2O4S/c1-11-9-13(24-4)6-8-16(11)25(22,23)19-12-5-7-14(15(18)10-12)17(21)20(2)3/h5-10,19H,1-4H3. The Hall–Kier alpha value is -2.25. The second-order valence-electron chi connectivity index (χ2n) is 5.63. The Morgan fingerprint density at radius 1 is 1.16 bits per heavy atom. The molecule has 0 bridgehead atoms. The van der Waals surface area contributed by atoms with Crippen molar-refractivity contribution in [3.63, 3.8) is 0 Å². The Balaban J connectivity index is 2.32. The van der Waals surface area contributed by atoms with Crippen LogP contribution in [-0.2, 0) is 10.0 Å². The highest BCUT2D eigenvalue weighted by atomic mass is 35.5. The molecule has 0 radical (unpaired) electrons. The van der Waals surface area contributed by atoms with Crippen LogP contribution in [0.5, 0.6) is 5.75 Å². The maximum atomic E-state index is 12.6. The van der Waals surface area contributed by atoms with Crippen molar-refractivity contribution in [2.45, 2.75) is 11.8 Å². The monoisotopic (exact) mass is 382 g/mol. The van der Waals surface area contributed by atoms with E-state index in [1.807, 2.05) is 0 Å². The molecular weight excluding hydrogens is 364 g/mol. The molecule has 0 atom stereocenters. The first-order chi connectivity index (χ1) is 11.7. The molecule has 0 aliphatic carbocycles. The molecule has 2 aromatic carbocycles. The summed E-state index contributed by atoms with van der Waals surface area (Å²) in [5, 5.41) is 0.172. The number of carbonyl (C=O) groups is 1. The number of nitrogens with one attached hydrogen (secondary N) is 1. The smallest absolute Gasteiger partial charge is 0.262 e. The molecule has 2 aromatic rings. The summed E-state index contributed by atoms with van der Waals surface area (Å²) in [5.41, 5.74) is 1.13. The Morgan fingerprint density at radius 3 is 2.36 bits per heavy atom. The van der Waals surface area contributed by atoms with Crippen LogP contribution in [-0.4, -0.2) is 40.4 Å². The topological polar surface area (TPSA) is 75.7 Å². The first-order valence-electron chi connectivity index (χ1n) is 7.34. The highest BCUT2D eigenvalue weighted by Gasteiger charge is 2.19. The molecule has 0 heterocycles. The van der Waals surface area contributed by atoms with Gasteiger partial charge in [0.1, 0.15) is 5.75 Å². The Bertz CT molecular complexity index is 911. The van der Waals surface area contributed by atoms with E-state index in [0.717, 1.165) is 0 Å². The predicted molar refractivity (Wildman–Crippen MR) is 98.0 cm³/mol. The van der Waals surface area contributed by atoms with E-state index in [1.165, 1.54) is 36.3 Å². The molecule has 2 rings (SSSR count). The fraction of sp³-hybridized carbons (Fsp3) is 0.235. The van der Waals surface area contributed by atoms with Crippen molar-refractivity contribution in [2.75, 3.05) is 25.9 Å². The number of sulfonamides is 1. The molecular formula is C17H19ClN2O4S. The van der Waals surface area contributed by atoms with Gasteiger partial charge in [0.25, 0.3) is 15.9 Å². The van der Waals surface area contributed by atoms with Crippen LogP contribution in [0.1, 0.15) is 15.9 Å². The molecule has 134 valence electrons. The van der Waals surface area contributed by atoms with E-state index in [2.05, 4.69) is 4.72 Å². The van der Waals surface area contributed by atoms with Crippen molar-refractivity contribution in [3.8, 4) is 5.75 Å². The lowest BCUT2D eigenvalue weighted by Crippen LogP contribution is -2.22. The van der Waals surface area contributed by atoms with Gasteiger partial charge in [0, 0.05) is 14.1 Å². The first kappa shape index (κ1) is 19.1. The molecule has 0 aliphatic rings. The summed E-state index contributed by atoms with van der Waals surface area (Å²) in [5.74, 6) is 0.316. The molecule has 1 N–H and O–H groups in total. The molecule has 0 spiro atoms. The zero-order chi connectivity index (χ0) is 18.8. The number of hydrogen-bond acceptors (Lipinski definition) is 4. The maximum Gasteiger partial charge on any atom is 0.262 e. The molecule has 0 saturated carbocycles. The molecule has 6 nitrogen and oxygen atoms in total. The van der Waals surface area contributed by atoms with Crippen LogP contribution in [0, 0.1) is 6.92 Å². The minimum absolute atomic E-state index is 0.137. The van der Waals surface area contributed by atoms with Crippen molar-refractivity contribution in [1.29, 1.82) is 0 Å². The Kier molecular flexibility index (Phi) is 5.59. The van der Waals surface area contributed by atoms with Gasteiger partial charge in [-0.15, -0.1) is 0 Å². The third-order valence-electron chi connectivity index (χ3n) is 3.53. The summed E-state index contributed by atoms with van der Waals surface area (Å²) in [7, 11) is 0.945. The number of aryl methyl sites for hydroxylation is 1. The largest absolute Gasteiger partial charge is 0.497 e. The van der Waals surface area contributed by atoms with Gasteiger partial charge in [-0.25, -0.2) is 8.42 Å². The van der Waals surface area contributed by atoms with E-state index >= 15 is 0 Å². The van der Waals surface area contributed by atoms with Gasteiger partial charge in [0.2, 0.25) is 0 Å². The van der Waals surface area contributed by atoms with Crippen LogP contribution in [0.15, 0.2) is 41.3 Å². The number of rotatable bonds is 5. The number of benzene rings is 2. The van der Waals surface area contributed by atoms with Gasteiger partial charge in [-0.3, -0.25) is 9.52 Å². The number of halogens is 1. The number of ether oxygens (including phenoxy) is 1. The summed E-state index contributed by atoms with van der Waals surface area (Å²) >= 11 is 6.12. The van der Waals surface area contributed by atoms with Crippen LogP contribution in [0.4, 0.5) is 5.69 Å². The fourth-order valence-electron chi connectivity index (χ4n) is 2.25. The SMILES string of the molecule is COc1ccc(S(=O)(=O)Nc2ccc(C(=O)N(C)C)c(Cl)c2)c(C)c1. The molecule has 25 heavy (non-hydrogen) atoms. The minimum atomic E-state index is -3.79. The molecule has 0 aromatic heterocycles. The zero-order valence-electron chi connectivity index (χ0n) is 14.3. The Labute approximate surface area is 152 Å². The van der Waals surface area contributed by atoms with Crippen LogP contribution >= 0.6 is 11.6 Å². The van der Waals surface area contributed by atoms with E-state index in [1.54, 1.807) is 33.2 Å². The number of hydrogen-bond donors (Lipinski definition) is 1.